The van der Waals surface area contributed by atoms with E-state index >= 15 is 0 Å². The highest BCUT2D eigenvalue weighted by Gasteiger charge is 2.20. The maximum Gasteiger partial charge on any atom is 0.443 e. The summed E-state index contributed by atoms with van der Waals surface area (Å²) >= 11 is 0. The second-order valence-electron chi connectivity index (χ2n) is 5.16. The van der Waals surface area contributed by atoms with Crippen molar-refractivity contribution in [3.05, 3.63) is 35.9 Å². The Morgan fingerprint density at radius 3 is 2.54 bits per heavy atom. The maximum atomic E-state index is 12.6. The molecule has 0 saturated carbocycles. The normalized spacial score (nSPS) is 15.5. The van der Waals surface area contributed by atoms with Gasteiger partial charge in [0.15, 0.2) is 0 Å². The minimum absolute atomic E-state index is 0.0679. The fourth-order valence-electron chi connectivity index (χ4n) is 1.89. The van der Waals surface area contributed by atoms with Crippen molar-refractivity contribution in [2.45, 2.75) is 32.4 Å². The quantitative estimate of drug-likeness (QED) is 0.710. The first-order valence-corrected chi connectivity index (χ1v) is 8.92. The van der Waals surface area contributed by atoms with Gasteiger partial charge in [0.05, 0.1) is 5.75 Å². The predicted octanol–water partition coefficient (Wildman–Crippen LogP) is 1.32. The first-order chi connectivity index (χ1) is 11.3. The Morgan fingerprint density at radius 1 is 1.38 bits per heavy atom. The third-order valence-corrected chi connectivity index (χ3v) is 4.84. The molecule has 0 fully saturated rings. The van der Waals surface area contributed by atoms with Crippen LogP contribution in [0.1, 0.15) is 31.9 Å². The van der Waals surface area contributed by atoms with E-state index in [-0.39, 0.29) is 12.2 Å². The zero-order valence-corrected chi connectivity index (χ0v) is 14.3. The van der Waals surface area contributed by atoms with Gasteiger partial charge in [-0.3, -0.25) is 9.52 Å². The molecule has 0 aliphatic rings. The minimum Gasteiger partial charge on any atom is -0.440 e. The Balaban J connectivity index is 2.91. The van der Waals surface area contributed by atoms with Crippen LogP contribution in [0.2, 0.25) is 0 Å². The zero-order valence-electron chi connectivity index (χ0n) is 13.5. The van der Waals surface area contributed by atoms with Crippen LogP contribution in [0, 0.1) is 0 Å². The highest BCUT2D eigenvalue weighted by atomic mass is 32.2. The van der Waals surface area contributed by atoms with Crippen LogP contribution in [0.25, 0.3) is 0 Å². The van der Waals surface area contributed by atoms with Crippen LogP contribution < -0.4 is 10.5 Å². The van der Waals surface area contributed by atoms with Gasteiger partial charge in [-0.1, -0.05) is 30.3 Å². The summed E-state index contributed by atoms with van der Waals surface area (Å²) in [5.41, 5.74) is 6.38. The molecule has 8 nitrogen and oxygen atoms in total. The lowest BCUT2D eigenvalue weighted by atomic mass is 10.1. The van der Waals surface area contributed by atoms with E-state index in [9.17, 15) is 18.6 Å². The van der Waals surface area contributed by atoms with Crippen LogP contribution in [0.4, 0.5) is 4.79 Å². The van der Waals surface area contributed by atoms with E-state index in [0.29, 0.717) is 6.29 Å². The maximum absolute atomic E-state index is 12.6. The Morgan fingerprint density at radius 2 is 2.00 bits per heavy atom. The van der Waals surface area contributed by atoms with Crippen molar-refractivity contribution in [2.75, 3.05) is 5.75 Å². The number of benzene rings is 1. The Labute approximate surface area is 141 Å². The number of carbonyl (C=O) groups excluding carboxylic acids is 3. The fourth-order valence-corrected chi connectivity index (χ4v) is 3.55. The topological polar surface area (TPSA) is 128 Å². The summed E-state index contributed by atoms with van der Waals surface area (Å²) in [6.07, 6.45) is -1.19. The molecule has 3 atom stereocenters. The fraction of sp³-hybridized carbons (Fsp3) is 0.400. The number of rotatable bonds is 7. The summed E-state index contributed by atoms with van der Waals surface area (Å²) in [5, 5.41) is 0. The summed E-state index contributed by atoms with van der Waals surface area (Å²) in [7, 11) is -3.47. The van der Waals surface area contributed by atoms with Crippen LogP contribution in [-0.4, -0.2) is 34.3 Å². The Bertz CT molecular complexity index is 698. The van der Waals surface area contributed by atoms with Gasteiger partial charge in [0.25, 0.3) is 0 Å². The summed E-state index contributed by atoms with van der Waals surface area (Å²) in [5.74, 6) is -0.967. The molecule has 1 aromatic carbocycles. The molecule has 0 saturated heterocycles. The molecule has 0 bridgehead atoms. The van der Waals surface area contributed by atoms with Crippen molar-refractivity contribution in [1.29, 1.82) is 0 Å². The predicted molar refractivity (Wildman–Crippen MR) is 89.2 cm³/mol. The lowest BCUT2D eigenvalue weighted by Gasteiger charge is -2.15. The van der Waals surface area contributed by atoms with E-state index in [1.807, 2.05) is 6.07 Å². The molecular weight excluding hydrogens is 334 g/mol. The number of amides is 2. The van der Waals surface area contributed by atoms with E-state index in [0.717, 1.165) is 12.5 Å². The van der Waals surface area contributed by atoms with Crippen LogP contribution in [-0.2, 0) is 24.2 Å². The lowest BCUT2D eigenvalue weighted by molar-refractivity contribution is -0.117. The minimum atomic E-state index is -3.47. The van der Waals surface area contributed by atoms with Crippen molar-refractivity contribution in [2.24, 2.45) is 10.1 Å². The van der Waals surface area contributed by atoms with Crippen molar-refractivity contribution in [1.82, 2.24) is 4.72 Å². The monoisotopic (exact) mass is 355 g/mol. The molecule has 0 aromatic heterocycles. The van der Waals surface area contributed by atoms with Gasteiger partial charge in [-0.15, -0.1) is 4.36 Å². The number of carbonyl (C=O) groups is 3. The molecule has 2 amide bonds. The molecule has 1 rings (SSSR count). The van der Waals surface area contributed by atoms with Crippen LogP contribution >= 0.6 is 0 Å². The zero-order chi connectivity index (χ0) is 18.2. The molecule has 0 aliphatic carbocycles. The largest absolute Gasteiger partial charge is 0.443 e. The highest BCUT2D eigenvalue weighted by Crippen LogP contribution is 2.17. The van der Waals surface area contributed by atoms with Gasteiger partial charge >= 0.3 is 6.09 Å². The standard InChI is InChI=1S/C15H21N3O5S/c1-11(13-6-4-3-5-7-13)23-15(21)18-24(22,17-12(2)20)10-14(16)8-9-19/h3-7,9,11,14H,8,10,16H2,1-2H3,(H,17,18,20,21,22)/t11-,14-,24+/m0/s1. The van der Waals surface area contributed by atoms with Crippen molar-refractivity contribution in [3.8, 4) is 0 Å². The van der Waals surface area contributed by atoms with E-state index in [4.69, 9.17) is 10.5 Å². The van der Waals surface area contributed by atoms with Gasteiger partial charge in [0.2, 0.25) is 5.91 Å². The average Bonchev–Trinajstić information content (AvgIpc) is 2.46. The molecule has 1 aromatic rings. The van der Waals surface area contributed by atoms with Gasteiger partial charge in [-0.05, 0) is 12.5 Å². The molecule has 3 N–H and O–H groups in total. The molecule has 132 valence electrons. The van der Waals surface area contributed by atoms with Gasteiger partial charge in [0.1, 0.15) is 22.3 Å². The number of ether oxygens (including phenoxy) is 1. The molecule has 0 aliphatic heterocycles. The first kappa shape index (κ1) is 19.8. The van der Waals surface area contributed by atoms with Crippen molar-refractivity contribution >= 4 is 28.2 Å². The van der Waals surface area contributed by atoms with Crippen molar-refractivity contribution in [3.63, 3.8) is 0 Å². The highest BCUT2D eigenvalue weighted by molar-refractivity contribution is 7.92. The molecule has 24 heavy (non-hydrogen) atoms. The van der Waals surface area contributed by atoms with Gasteiger partial charge in [-0.2, -0.15) is 0 Å². The third-order valence-electron chi connectivity index (χ3n) is 2.91. The molecular formula is C15H21N3O5S. The summed E-state index contributed by atoms with van der Waals surface area (Å²) in [6.45, 7) is 2.78. The number of nitrogens with one attached hydrogen (secondary N) is 1. The van der Waals surface area contributed by atoms with E-state index in [1.165, 1.54) is 0 Å². The van der Waals surface area contributed by atoms with Gasteiger partial charge in [0, 0.05) is 19.4 Å². The molecule has 0 unspecified atom stereocenters. The molecule has 0 spiro atoms. The average molecular weight is 355 g/mol. The SMILES string of the molecule is CC(=O)N[S@](=O)(C[C@@H](N)CC=O)=NC(=O)O[C@@H](C)c1ccccc1. The van der Waals surface area contributed by atoms with E-state index < -0.39 is 34.1 Å². The first-order valence-electron chi connectivity index (χ1n) is 7.23. The summed E-state index contributed by atoms with van der Waals surface area (Å²) < 4.78 is 23.3. The summed E-state index contributed by atoms with van der Waals surface area (Å²) in [4.78, 5) is 33.6. The Hall–Kier alpha value is -2.26. The van der Waals surface area contributed by atoms with Crippen LogP contribution in [0.5, 0.6) is 0 Å². The van der Waals surface area contributed by atoms with E-state index in [1.54, 1.807) is 31.2 Å². The second-order valence-corrected chi connectivity index (χ2v) is 7.16. The van der Waals surface area contributed by atoms with Crippen LogP contribution in [0.3, 0.4) is 0 Å². The van der Waals surface area contributed by atoms with E-state index in [2.05, 4.69) is 9.08 Å². The number of nitrogens with zero attached hydrogens (tertiary/aromatic N) is 1. The third kappa shape index (κ3) is 6.88. The van der Waals surface area contributed by atoms with Gasteiger partial charge in [-0.25, -0.2) is 9.00 Å². The summed E-state index contributed by atoms with van der Waals surface area (Å²) in [6, 6.07) is 8.13. The number of aldehydes is 1. The lowest BCUT2D eigenvalue weighted by Crippen LogP contribution is -2.39. The molecule has 0 radical (unpaired) electrons. The number of hydrogen-bond donors (Lipinski definition) is 2. The second kappa shape index (κ2) is 9.14. The van der Waals surface area contributed by atoms with Gasteiger partial charge < -0.3 is 15.3 Å². The Kier molecular flexibility index (Phi) is 7.53. The molecule has 0 heterocycles. The number of hydrogen-bond acceptors (Lipinski definition) is 6. The van der Waals surface area contributed by atoms with Crippen molar-refractivity contribution < 1.29 is 23.3 Å². The van der Waals surface area contributed by atoms with Crippen LogP contribution in [0.15, 0.2) is 34.7 Å². The smallest absolute Gasteiger partial charge is 0.440 e. The molecule has 9 heteroatoms. The number of nitrogens with two attached hydrogens (primary N) is 1.